The lowest BCUT2D eigenvalue weighted by atomic mass is 9.91. The number of hydrogen-bond acceptors (Lipinski definition) is 3. The summed E-state index contributed by atoms with van der Waals surface area (Å²) >= 11 is 0. The number of benzene rings is 2. The van der Waals surface area contributed by atoms with Crippen LogP contribution in [0.5, 0.6) is 0 Å². The van der Waals surface area contributed by atoms with E-state index in [0.717, 1.165) is 55.5 Å². The maximum atomic E-state index is 12.7. The predicted octanol–water partition coefficient (Wildman–Crippen LogP) is 5.00. The van der Waals surface area contributed by atoms with Crippen molar-refractivity contribution in [1.82, 2.24) is 9.88 Å². The summed E-state index contributed by atoms with van der Waals surface area (Å²) in [6.07, 6.45) is 3.85. The number of nitrogens with zero attached hydrogens (tertiary/aromatic N) is 1. The van der Waals surface area contributed by atoms with Gasteiger partial charge in [-0.1, -0.05) is 30.3 Å². The molecule has 5 nitrogen and oxygen atoms in total. The lowest BCUT2D eigenvalue weighted by Gasteiger charge is -2.31. The van der Waals surface area contributed by atoms with Gasteiger partial charge in [0.1, 0.15) is 0 Å². The number of aromatic nitrogens is 1. The van der Waals surface area contributed by atoms with Crippen molar-refractivity contribution in [2.75, 3.05) is 18.4 Å². The summed E-state index contributed by atoms with van der Waals surface area (Å²) in [7, 11) is 0. The Bertz CT molecular complexity index is 1020. The second-order valence-electron chi connectivity index (χ2n) is 8.33. The van der Waals surface area contributed by atoms with E-state index in [9.17, 15) is 9.59 Å². The van der Waals surface area contributed by atoms with Crippen LogP contribution in [-0.2, 0) is 11.3 Å². The molecule has 0 saturated carbocycles. The van der Waals surface area contributed by atoms with Crippen molar-refractivity contribution in [1.29, 1.82) is 0 Å². The van der Waals surface area contributed by atoms with E-state index in [1.54, 1.807) is 0 Å². The van der Waals surface area contributed by atoms with Gasteiger partial charge in [-0.3, -0.25) is 14.5 Å². The molecule has 1 aliphatic heterocycles. The minimum Gasteiger partial charge on any atom is -0.352 e. The van der Waals surface area contributed by atoms with Crippen molar-refractivity contribution < 1.29 is 9.59 Å². The van der Waals surface area contributed by atoms with Crippen LogP contribution in [0.1, 0.15) is 48.7 Å². The van der Waals surface area contributed by atoms with E-state index in [2.05, 4.69) is 45.5 Å². The van der Waals surface area contributed by atoms with Crippen molar-refractivity contribution in [3.63, 3.8) is 0 Å². The quantitative estimate of drug-likeness (QED) is 0.546. The Morgan fingerprint density at radius 2 is 1.83 bits per heavy atom. The van der Waals surface area contributed by atoms with Gasteiger partial charge in [0.2, 0.25) is 5.91 Å². The third-order valence-corrected chi connectivity index (χ3v) is 5.98. The zero-order valence-corrected chi connectivity index (χ0v) is 17.5. The summed E-state index contributed by atoms with van der Waals surface area (Å²) < 4.78 is 0. The highest BCUT2D eigenvalue weighted by Gasteiger charge is 2.20. The molecule has 1 aliphatic rings. The summed E-state index contributed by atoms with van der Waals surface area (Å²) in [5, 5.41) is 3.72. The van der Waals surface area contributed by atoms with Crippen LogP contribution in [0.25, 0.3) is 10.9 Å². The van der Waals surface area contributed by atoms with E-state index in [1.807, 2.05) is 24.3 Å². The fraction of sp³-hybridized carbons (Fsp3) is 0.360. The van der Waals surface area contributed by atoms with E-state index < -0.39 is 0 Å². The minimum absolute atomic E-state index is 0.101. The standard InChI is InChI=1S/C25H29N3O2/c1-18(29)26-22-8-9-23-21(15-22)16-24(27-23)25(30)10-7-19-11-13-28(14-12-19)17-20-5-3-2-4-6-20/h2-6,8-9,15-16,19,27H,7,10-14,17H2,1H3,(H,26,29). The first kappa shape index (κ1) is 20.4. The molecule has 2 heterocycles. The molecule has 2 aromatic carbocycles. The number of rotatable bonds is 7. The molecule has 4 rings (SSSR count). The molecule has 156 valence electrons. The Hall–Kier alpha value is -2.92. The molecule has 0 radical (unpaired) electrons. The van der Waals surface area contributed by atoms with Crippen molar-refractivity contribution in [3.8, 4) is 0 Å². The number of likely N-dealkylation sites (tertiary alicyclic amines) is 1. The third kappa shape index (κ3) is 5.16. The van der Waals surface area contributed by atoms with Gasteiger partial charge in [-0.2, -0.15) is 0 Å². The molecule has 0 aliphatic carbocycles. The average molecular weight is 404 g/mol. The molecule has 0 spiro atoms. The zero-order valence-electron chi connectivity index (χ0n) is 17.5. The lowest BCUT2D eigenvalue weighted by Crippen LogP contribution is -2.33. The molecule has 1 saturated heterocycles. The second-order valence-corrected chi connectivity index (χ2v) is 8.33. The Morgan fingerprint density at radius 3 is 2.57 bits per heavy atom. The van der Waals surface area contributed by atoms with Crippen molar-refractivity contribution >= 4 is 28.3 Å². The first-order valence-electron chi connectivity index (χ1n) is 10.8. The SMILES string of the molecule is CC(=O)Nc1ccc2[nH]c(C(=O)CCC3CCN(Cc4ccccc4)CC3)cc2c1. The summed E-state index contributed by atoms with van der Waals surface area (Å²) in [4.78, 5) is 29.7. The van der Waals surface area contributed by atoms with Gasteiger partial charge in [-0.15, -0.1) is 0 Å². The number of ketones is 1. The highest BCUT2D eigenvalue weighted by Crippen LogP contribution is 2.25. The number of carbonyl (C=O) groups excluding carboxylic acids is 2. The van der Waals surface area contributed by atoms with E-state index in [0.29, 0.717) is 18.0 Å². The Kier molecular flexibility index (Phi) is 6.29. The van der Waals surface area contributed by atoms with Crippen LogP contribution in [0.4, 0.5) is 5.69 Å². The molecular weight excluding hydrogens is 374 g/mol. The number of amides is 1. The third-order valence-electron chi connectivity index (χ3n) is 5.98. The van der Waals surface area contributed by atoms with E-state index in [-0.39, 0.29) is 11.7 Å². The molecule has 30 heavy (non-hydrogen) atoms. The molecular formula is C25H29N3O2. The smallest absolute Gasteiger partial charge is 0.221 e. The van der Waals surface area contributed by atoms with Gasteiger partial charge >= 0.3 is 0 Å². The molecule has 3 aromatic rings. The molecule has 0 atom stereocenters. The van der Waals surface area contributed by atoms with Gasteiger partial charge in [-0.25, -0.2) is 0 Å². The maximum absolute atomic E-state index is 12.7. The molecule has 0 bridgehead atoms. The number of piperidine rings is 1. The number of H-pyrrole nitrogens is 1. The molecule has 1 amide bonds. The first-order valence-corrected chi connectivity index (χ1v) is 10.8. The first-order chi connectivity index (χ1) is 14.6. The number of Topliss-reactive ketones (excluding diaryl/α,β-unsaturated/α-hetero) is 1. The van der Waals surface area contributed by atoms with Gasteiger partial charge in [0.25, 0.3) is 0 Å². The maximum Gasteiger partial charge on any atom is 0.221 e. The Labute approximate surface area is 177 Å². The Morgan fingerprint density at radius 1 is 1.07 bits per heavy atom. The topological polar surface area (TPSA) is 65.2 Å². The highest BCUT2D eigenvalue weighted by atomic mass is 16.1. The van der Waals surface area contributed by atoms with Crippen molar-refractivity contribution in [2.24, 2.45) is 5.92 Å². The molecule has 2 N–H and O–H groups in total. The monoisotopic (exact) mass is 403 g/mol. The second kappa shape index (κ2) is 9.26. The van der Waals surface area contributed by atoms with Gasteiger partial charge in [-0.05, 0) is 68.1 Å². The number of aromatic amines is 1. The van der Waals surface area contributed by atoms with Gasteiger partial charge < -0.3 is 10.3 Å². The normalized spacial score (nSPS) is 15.4. The molecule has 1 fully saturated rings. The van der Waals surface area contributed by atoms with Crippen LogP contribution in [0, 0.1) is 5.92 Å². The largest absolute Gasteiger partial charge is 0.352 e. The Balaban J connectivity index is 1.27. The van der Waals surface area contributed by atoms with E-state index in [1.165, 1.54) is 12.5 Å². The van der Waals surface area contributed by atoms with Crippen molar-refractivity contribution in [3.05, 3.63) is 65.9 Å². The van der Waals surface area contributed by atoms with Crippen LogP contribution < -0.4 is 5.32 Å². The predicted molar refractivity (Wildman–Crippen MR) is 121 cm³/mol. The van der Waals surface area contributed by atoms with Crippen molar-refractivity contribution in [2.45, 2.75) is 39.2 Å². The summed E-state index contributed by atoms with van der Waals surface area (Å²) in [5.41, 5.74) is 3.69. The molecule has 5 heteroatoms. The van der Waals surface area contributed by atoms with Gasteiger partial charge in [0, 0.05) is 36.5 Å². The fourth-order valence-corrected chi connectivity index (χ4v) is 4.31. The fourth-order valence-electron chi connectivity index (χ4n) is 4.31. The average Bonchev–Trinajstić information content (AvgIpc) is 3.17. The number of anilines is 1. The zero-order chi connectivity index (χ0) is 20.9. The van der Waals surface area contributed by atoms with Crippen LogP contribution in [0.3, 0.4) is 0 Å². The number of hydrogen-bond donors (Lipinski definition) is 2. The summed E-state index contributed by atoms with van der Waals surface area (Å²) in [5.74, 6) is 0.687. The molecule has 0 unspecified atom stereocenters. The molecule has 1 aromatic heterocycles. The number of nitrogens with one attached hydrogen (secondary N) is 2. The van der Waals surface area contributed by atoms with Crippen LogP contribution >= 0.6 is 0 Å². The lowest BCUT2D eigenvalue weighted by molar-refractivity contribution is -0.114. The van der Waals surface area contributed by atoms with Crippen LogP contribution in [-0.4, -0.2) is 34.7 Å². The van der Waals surface area contributed by atoms with Gasteiger partial charge in [0.05, 0.1) is 5.69 Å². The number of carbonyl (C=O) groups is 2. The minimum atomic E-state index is -0.101. The highest BCUT2D eigenvalue weighted by molar-refractivity contribution is 6.00. The van der Waals surface area contributed by atoms with E-state index in [4.69, 9.17) is 0 Å². The number of fused-ring (bicyclic) bond motifs is 1. The van der Waals surface area contributed by atoms with E-state index >= 15 is 0 Å². The van der Waals surface area contributed by atoms with Crippen LogP contribution in [0.15, 0.2) is 54.6 Å². The van der Waals surface area contributed by atoms with Crippen LogP contribution in [0.2, 0.25) is 0 Å². The summed E-state index contributed by atoms with van der Waals surface area (Å²) in [6.45, 7) is 4.71. The summed E-state index contributed by atoms with van der Waals surface area (Å²) in [6, 6.07) is 18.2. The van der Waals surface area contributed by atoms with Gasteiger partial charge in [0.15, 0.2) is 5.78 Å².